The number of aromatic nitrogens is 3. The second-order valence-electron chi connectivity index (χ2n) is 6.97. The summed E-state index contributed by atoms with van der Waals surface area (Å²) in [7, 11) is 0. The third-order valence-electron chi connectivity index (χ3n) is 4.64. The van der Waals surface area contributed by atoms with Crippen LogP contribution in [0.4, 0.5) is 5.95 Å². The van der Waals surface area contributed by atoms with Gasteiger partial charge in [-0.15, -0.1) is 0 Å². The normalized spacial score (nSPS) is 27.0. The molecule has 4 rings (SSSR count). The van der Waals surface area contributed by atoms with Crippen LogP contribution in [0.2, 0.25) is 0 Å². The Hall–Kier alpha value is -1.99. The molecule has 3 unspecified atom stereocenters. The molecule has 2 aliphatic heterocycles. The van der Waals surface area contributed by atoms with Crippen molar-refractivity contribution in [2.45, 2.75) is 51.9 Å². The van der Waals surface area contributed by atoms with Gasteiger partial charge in [0.2, 0.25) is 5.95 Å². The highest BCUT2D eigenvalue weighted by Crippen LogP contribution is 2.35. The van der Waals surface area contributed by atoms with E-state index in [9.17, 15) is 0 Å². The fraction of sp³-hybridized carbons (Fsp3) is 0.611. The topological polar surface area (TPSA) is 73.5 Å². The summed E-state index contributed by atoms with van der Waals surface area (Å²) in [6.07, 6.45) is 4.16. The molecule has 2 fully saturated rings. The first-order valence-electron chi connectivity index (χ1n) is 8.93. The molecule has 0 aliphatic carbocycles. The molecule has 0 spiro atoms. The van der Waals surface area contributed by atoms with Crippen LogP contribution in [0, 0.1) is 6.92 Å². The van der Waals surface area contributed by atoms with Crippen LogP contribution in [0.15, 0.2) is 16.8 Å². The number of hydrogen-bond donors (Lipinski definition) is 0. The van der Waals surface area contributed by atoms with Crippen molar-refractivity contribution in [3.05, 3.63) is 23.7 Å². The van der Waals surface area contributed by atoms with Crippen molar-refractivity contribution in [1.82, 2.24) is 15.1 Å². The maximum atomic E-state index is 5.90. The first kappa shape index (κ1) is 16.5. The first-order chi connectivity index (χ1) is 12.1. The molecule has 7 heteroatoms. The molecule has 2 aromatic heterocycles. The van der Waals surface area contributed by atoms with E-state index in [0.717, 1.165) is 55.4 Å². The van der Waals surface area contributed by atoms with Crippen molar-refractivity contribution >= 4 is 5.95 Å². The minimum absolute atomic E-state index is 0.0157. The molecule has 0 N–H and O–H groups in total. The fourth-order valence-corrected chi connectivity index (χ4v) is 3.60. The average Bonchev–Trinajstić information content (AvgIpc) is 3.25. The standard InChI is InChI=1S/C18H24N4O3/c1-11-7-16(25-21-11)14-8-19-18(20-17(14)15-5-4-6-23-15)22-9-12(2)24-13(3)10-22/h7-8,12-13,15H,4-6,9-10H2,1-3H3. The summed E-state index contributed by atoms with van der Waals surface area (Å²) >= 11 is 0. The molecule has 0 saturated carbocycles. The molecular weight excluding hydrogens is 320 g/mol. The van der Waals surface area contributed by atoms with E-state index in [0.29, 0.717) is 5.76 Å². The Balaban J connectivity index is 1.71. The summed E-state index contributed by atoms with van der Waals surface area (Å²) in [5.41, 5.74) is 2.60. The van der Waals surface area contributed by atoms with E-state index in [1.165, 1.54) is 0 Å². The Bertz CT molecular complexity index is 732. The van der Waals surface area contributed by atoms with Gasteiger partial charge in [0.1, 0.15) is 6.10 Å². The molecule has 0 amide bonds. The molecule has 2 aromatic rings. The summed E-state index contributed by atoms with van der Waals surface area (Å²) in [6, 6.07) is 1.91. The van der Waals surface area contributed by atoms with Gasteiger partial charge in [-0.05, 0) is 33.6 Å². The highest BCUT2D eigenvalue weighted by Gasteiger charge is 2.28. The van der Waals surface area contributed by atoms with Crippen LogP contribution in [0.3, 0.4) is 0 Å². The number of nitrogens with zero attached hydrogens (tertiary/aromatic N) is 4. The van der Waals surface area contributed by atoms with E-state index < -0.39 is 0 Å². The molecule has 0 aromatic carbocycles. The highest BCUT2D eigenvalue weighted by molar-refractivity contribution is 5.61. The monoisotopic (exact) mass is 344 g/mol. The lowest BCUT2D eigenvalue weighted by atomic mass is 10.1. The van der Waals surface area contributed by atoms with Crippen molar-refractivity contribution in [3.8, 4) is 11.3 Å². The lowest BCUT2D eigenvalue weighted by Gasteiger charge is -2.35. The third kappa shape index (κ3) is 3.39. The number of morpholine rings is 1. The van der Waals surface area contributed by atoms with E-state index in [1.807, 2.05) is 19.2 Å². The summed E-state index contributed by atoms with van der Waals surface area (Å²) < 4.78 is 17.2. The Labute approximate surface area is 147 Å². The predicted molar refractivity (Wildman–Crippen MR) is 92.4 cm³/mol. The second-order valence-corrected chi connectivity index (χ2v) is 6.97. The minimum Gasteiger partial charge on any atom is -0.372 e. The van der Waals surface area contributed by atoms with Crippen molar-refractivity contribution in [3.63, 3.8) is 0 Å². The van der Waals surface area contributed by atoms with Gasteiger partial charge in [-0.1, -0.05) is 5.16 Å². The zero-order chi connectivity index (χ0) is 17.4. The molecule has 0 radical (unpaired) electrons. The van der Waals surface area contributed by atoms with Gasteiger partial charge in [-0.3, -0.25) is 0 Å². The molecule has 25 heavy (non-hydrogen) atoms. The molecule has 2 aliphatic rings. The maximum Gasteiger partial charge on any atom is 0.225 e. The molecule has 3 atom stereocenters. The minimum atomic E-state index is -0.0157. The Morgan fingerprint density at radius 2 is 2.00 bits per heavy atom. The Kier molecular flexibility index (Phi) is 4.43. The highest BCUT2D eigenvalue weighted by atomic mass is 16.5. The number of rotatable bonds is 3. The van der Waals surface area contributed by atoms with Gasteiger partial charge < -0.3 is 18.9 Å². The Morgan fingerprint density at radius 1 is 1.20 bits per heavy atom. The quantitative estimate of drug-likeness (QED) is 0.847. The van der Waals surface area contributed by atoms with E-state index in [2.05, 4.69) is 28.9 Å². The predicted octanol–water partition coefficient (Wildman–Crippen LogP) is 2.91. The largest absolute Gasteiger partial charge is 0.372 e. The van der Waals surface area contributed by atoms with Crippen LogP contribution in [0.25, 0.3) is 11.3 Å². The van der Waals surface area contributed by atoms with Crippen LogP contribution >= 0.6 is 0 Å². The van der Waals surface area contributed by atoms with Crippen molar-refractivity contribution in [2.75, 3.05) is 24.6 Å². The van der Waals surface area contributed by atoms with E-state index in [1.54, 1.807) is 0 Å². The van der Waals surface area contributed by atoms with Gasteiger partial charge in [0.25, 0.3) is 0 Å². The number of anilines is 1. The molecule has 2 saturated heterocycles. The van der Waals surface area contributed by atoms with Gasteiger partial charge >= 0.3 is 0 Å². The van der Waals surface area contributed by atoms with Crippen LogP contribution < -0.4 is 4.90 Å². The summed E-state index contributed by atoms with van der Waals surface area (Å²) in [6.45, 7) is 8.41. The average molecular weight is 344 g/mol. The van der Waals surface area contributed by atoms with Gasteiger partial charge in [-0.2, -0.15) is 0 Å². The maximum absolute atomic E-state index is 5.90. The number of ether oxygens (including phenoxy) is 2. The van der Waals surface area contributed by atoms with E-state index in [-0.39, 0.29) is 18.3 Å². The molecular formula is C18H24N4O3. The van der Waals surface area contributed by atoms with Crippen LogP contribution in [0.5, 0.6) is 0 Å². The lowest BCUT2D eigenvalue weighted by Crippen LogP contribution is -2.46. The SMILES string of the molecule is Cc1cc(-c2cnc(N3CC(C)OC(C)C3)nc2C2CCCO2)on1. The van der Waals surface area contributed by atoms with Gasteiger partial charge in [-0.25, -0.2) is 9.97 Å². The second kappa shape index (κ2) is 6.72. The van der Waals surface area contributed by atoms with Crippen LogP contribution in [0.1, 0.15) is 44.2 Å². The zero-order valence-electron chi connectivity index (χ0n) is 14.9. The van der Waals surface area contributed by atoms with Gasteiger partial charge in [0.15, 0.2) is 5.76 Å². The van der Waals surface area contributed by atoms with Crippen LogP contribution in [-0.4, -0.2) is 47.0 Å². The zero-order valence-corrected chi connectivity index (χ0v) is 14.9. The first-order valence-corrected chi connectivity index (χ1v) is 8.93. The smallest absolute Gasteiger partial charge is 0.225 e. The molecule has 0 bridgehead atoms. The lowest BCUT2D eigenvalue weighted by molar-refractivity contribution is -0.00576. The summed E-state index contributed by atoms with van der Waals surface area (Å²) in [5, 5.41) is 3.99. The van der Waals surface area contributed by atoms with Gasteiger partial charge in [0, 0.05) is 32.0 Å². The number of hydrogen-bond acceptors (Lipinski definition) is 7. The van der Waals surface area contributed by atoms with E-state index in [4.69, 9.17) is 19.0 Å². The van der Waals surface area contributed by atoms with Crippen molar-refractivity contribution in [1.29, 1.82) is 0 Å². The Morgan fingerprint density at radius 3 is 2.64 bits per heavy atom. The van der Waals surface area contributed by atoms with Crippen LogP contribution in [-0.2, 0) is 9.47 Å². The molecule has 4 heterocycles. The van der Waals surface area contributed by atoms with Gasteiger partial charge in [0.05, 0.1) is 29.2 Å². The molecule has 134 valence electrons. The number of aryl methyl sites for hydroxylation is 1. The fourth-order valence-electron chi connectivity index (χ4n) is 3.60. The summed E-state index contributed by atoms with van der Waals surface area (Å²) in [5.74, 6) is 1.42. The third-order valence-corrected chi connectivity index (χ3v) is 4.64. The van der Waals surface area contributed by atoms with E-state index >= 15 is 0 Å². The van der Waals surface area contributed by atoms with Crippen molar-refractivity contribution in [2.24, 2.45) is 0 Å². The van der Waals surface area contributed by atoms with Crippen molar-refractivity contribution < 1.29 is 14.0 Å². The summed E-state index contributed by atoms with van der Waals surface area (Å²) in [4.78, 5) is 11.7. The molecule has 7 nitrogen and oxygen atoms in total.